The molecule has 1 fully saturated rings. The van der Waals surface area contributed by atoms with Crippen LogP contribution in [0.25, 0.3) is 0 Å². The van der Waals surface area contributed by atoms with E-state index in [1.807, 2.05) is 27.7 Å². The van der Waals surface area contributed by atoms with Gasteiger partial charge in [-0.2, -0.15) is 0 Å². The van der Waals surface area contributed by atoms with E-state index in [9.17, 15) is 14.0 Å². The SMILES string of the molecule is CC1CC(C(=O)NC(COc2ccccc2F)C(C)(C)C)CCC1=O. The number of benzene rings is 1. The van der Waals surface area contributed by atoms with Gasteiger partial charge in [0.1, 0.15) is 12.4 Å². The molecule has 0 spiro atoms. The monoisotopic (exact) mass is 349 g/mol. The van der Waals surface area contributed by atoms with Gasteiger partial charge in [-0.15, -0.1) is 0 Å². The van der Waals surface area contributed by atoms with Crippen molar-refractivity contribution in [2.75, 3.05) is 6.61 Å². The number of ketones is 1. The lowest BCUT2D eigenvalue weighted by Crippen LogP contribution is -2.50. The van der Waals surface area contributed by atoms with E-state index in [1.54, 1.807) is 18.2 Å². The van der Waals surface area contributed by atoms with Gasteiger partial charge >= 0.3 is 0 Å². The Hall–Kier alpha value is -1.91. The number of carbonyl (C=O) groups excluding carboxylic acids is 2. The molecule has 4 nitrogen and oxygen atoms in total. The summed E-state index contributed by atoms with van der Waals surface area (Å²) >= 11 is 0. The molecule has 1 aromatic rings. The minimum absolute atomic E-state index is 0.0450. The second-order valence-electron chi connectivity index (χ2n) is 8.01. The van der Waals surface area contributed by atoms with E-state index in [0.29, 0.717) is 19.3 Å². The molecule has 2 rings (SSSR count). The molecule has 138 valence electrons. The van der Waals surface area contributed by atoms with Gasteiger partial charge in [0.15, 0.2) is 11.6 Å². The molecule has 0 bridgehead atoms. The molecule has 3 unspecified atom stereocenters. The topological polar surface area (TPSA) is 55.4 Å². The fourth-order valence-corrected chi connectivity index (χ4v) is 3.01. The summed E-state index contributed by atoms with van der Waals surface area (Å²) in [4.78, 5) is 24.3. The van der Waals surface area contributed by atoms with Crippen LogP contribution in [0.3, 0.4) is 0 Å². The molecule has 0 aliphatic heterocycles. The summed E-state index contributed by atoms with van der Waals surface area (Å²) in [6, 6.07) is 5.99. The maximum atomic E-state index is 13.7. The van der Waals surface area contributed by atoms with E-state index in [2.05, 4.69) is 5.32 Å². The van der Waals surface area contributed by atoms with E-state index in [4.69, 9.17) is 4.74 Å². The van der Waals surface area contributed by atoms with Gasteiger partial charge in [0, 0.05) is 18.3 Å². The first kappa shape index (κ1) is 19.4. The average molecular weight is 349 g/mol. The van der Waals surface area contributed by atoms with Crippen molar-refractivity contribution in [3.05, 3.63) is 30.1 Å². The van der Waals surface area contributed by atoms with Gasteiger partial charge in [0.2, 0.25) is 5.91 Å². The highest BCUT2D eigenvalue weighted by Crippen LogP contribution is 2.28. The number of carbonyl (C=O) groups is 2. The lowest BCUT2D eigenvalue weighted by molar-refractivity contribution is -0.132. The van der Waals surface area contributed by atoms with Gasteiger partial charge < -0.3 is 10.1 Å². The molecule has 1 aliphatic carbocycles. The summed E-state index contributed by atoms with van der Waals surface area (Å²) < 4.78 is 19.3. The van der Waals surface area contributed by atoms with Crippen LogP contribution in [-0.4, -0.2) is 24.3 Å². The predicted octanol–water partition coefficient (Wildman–Crippen LogP) is 3.74. The van der Waals surface area contributed by atoms with Gasteiger partial charge in [0.05, 0.1) is 6.04 Å². The standard InChI is InChI=1S/C20H28FNO3/c1-13-11-14(9-10-16(13)23)19(24)22-18(20(2,3)4)12-25-17-8-6-5-7-15(17)21/h5-8,13-14,18H,9-12H2,1-4H3,(H,22,24). The Morgan fingerprint density at radius 2 is 2.04 bits per heavy atom. The van der Waals surface area contributed by atoms with E-state index in [0.717, 1.165) is 0 Å². The summed E-state index contributed by atoms with van der Waals surface area (Å²) in [6.07, 6.45) is 1.65. The Balaban J connectivity index is 1.99. The molecule has 1 amide bonds. The molecule has 3 atom stereocenters. The van der Waals surface area contributed by atoms with Crippen molar-refractivity contribution in [1.82, 2.24) is 5.32 Å². The van der Waals surface area contributed by atoms with Crippen molar-refractivity contribution < 1.29 is 18.7 Å². The zero-order chi connectivity index (χ0) is 18.6. The first-order valence-corrected chi connectivity index (χ1v) is 8.89. The fraction of sp³-hybridized carbons (Fsp3) is 0.600. The number of hydrogen-bond donors (Lipinski definition) is 1. The van der Waals surface area contributed by atoms with Crippen molar-refractivity contribution in [2.45, 2.75) is 53.0 Å². The molecule has 1 aromatic carbocycles. The molecule has 25 heavy (non-hydrogen) atoms. The first-order chi connectivity index (χ1) is 11.7. The Morgan fingerprint density at radius 1 is 1.36 bits per heavy atom. The zero-order valence-corrected chi connectivity index (χ0v) is 15.5. The van der Waals surface area contributed by atoms with Crippen molar-refractivity contribution in [3.8, 4) is 5.75 Å². The molecule has 0 radical (unpaired) electrons. The minimum Gasteiger partial charge on any atom is -0.488 e. The third-order valence-corrected chi connectivity index (χ3v) is 4.90. The number of amides is 1. The maximum absolute atomic E-state index is 13.7. The summed E-state index contributed by atoms with van der Waals surface area (Å²) in [5.74, 6) is -0.252. The highest BCUT2D eigenvalue weighted by Gasteiger charge is 2.33. The lowest BCUT2D eigenvalue weighted by Gasteiger charge is -2.34. The molecule has 1 saturated carbocycles. The van der Waals surface area contributed by atoms with Crippen molar-refractivity contribution in [2.24, 2.45) is 17.3 Å². The van der Waals surface area contributed by atoms with Crippen molar-refractivity contribution in [1.29, 1.82) is 0 Å². The van der Waals surface area contributed by atoms with Crippen LogP contribution >= 0.6 is 0 Å². The lowest BCUT2D eigenvalue weighted by atomic mass is 9.80. The molecule has 1 N–H and O–H groups in total. The third kappa shape index (κ3) is 5.28. The molecular formula is C20H28FNO3. The smallest absolute Gasteiger partial charge is 0.223 e. The largest absolute Gasteiger partial charge is 0.488 e. The Morgan fingerprint density at radius 3 is 2.64 bits per heavy atom. The van der Waals surface area contributed by atoms with Gasteiger partial charge in [-0.05, 0) is 30.4 Å². The zero-order valence-electron chi connectivity index (χ0n) is 15.5. The first-order valence-electron chi connectivity index (χ1n) is 8.89. The number of nitrogens with one attached hydrogen (secondary N) is 1. The number of rotatable bonds is 5. The van der Waals surface area contributed by atoms with Crippen LogP contribution in [0.4, 0.5) is 4.39 Å². The summed E-state index contributed by atoms with van der Waals surface area (Å²) in [5, 5.41) is 3.05. The van der Waals surface area contributed by atoms with E-state index in [1.165, 1.54) is 6.07 Å². The molecule has 0 heterocycles. The van der Waals surface area contributed by atoms with Crippen LogP contribution in [0.2, 0.25) is 0 Å². The fourth-order valence-electron chi connectivity index (χ4n) is 3.01. The summed E-state index contributed by atoms with van der Waals surface area (Å²) in [6.45, 7) is 8.10. The second kappa shape index (κ2) is 7.98. The number of ether oxygens (including phenoxy) is 1. The van der Waals surface area contributed by atoms with Crippen LogP contribution < -0.4 is 10.1 Å². The van der Waals surface area contributed by atoms with Gasteiger partial charge in [0.25, 0.3) is 0 Å². The van der Waals surface area contributed by atoms with Gasteiger partial charge in [-0.1, -0.05) is 39.8 Å². The van der Waals surface area contributed by atoms with E-state index in [-0.39, 0.29) is 47.3 Å². The van der Waals surface area contributed by atoms with Gasteiger partial charge in [-0.25, -0.2) is 4.39 Å². The van der Waals surface area contributed by atoms with Crippen LogP contribution in [0.15, 0.2) is 24.3 Å². The number of halogens is 1. The van der Waals surface area contributed by atoms with E-state index >= 15 is 0 Å². The molecule has 0 aromatic heterocycles. The number of hydrogen-bond acceptors (Lipinski definition) is 3. The average Bonchev–Trinajstić information content (AvgIpc) is 2.54. The van der Waals surface area contributed by atoms with E-state index < -0.39 is 5.82 Å². The van der Waals surface area contributed by atoms with Crippen LogP contribution in [0.1, 0.15) is 47.0 Å². The maximum Gasteiger partial charge on any atom is 0.223 e. The normalized spacial score (nSPS) is 22.4. The molecule has 5 heteroatoms. The summed E-state index contributed by atoms with van der Waals surface area (Å²) in [5.41, 5.74) is -0.239. The van der Waals surface area contributed by atoms with Gasteiger partial charge in [-0.3, -0.25) is 9.59 Å². The van der Waals surface area contributed by atoms with Crippen LogP contribution in [-0.2, 0) is 9.59 Å². The predicted molar refractivity (Wildman–Crippen MR) is 94.8 cm³/mol. The van der Waals surface area contributed by atoms with Crippen LogP contribution in [0.5, 0.6) is 5.75 Å². The molecular weight excluding hydrogens is 321 g/mol. The number of para-hydroxylation sites is 1. The molecule has 1 aliphatic rings. The Labute approximate surface area is 149 Å². The molecule has 0 saturated heterocycles. The Bertz CT molecular complexity index is 624. The quantitative estimate of drug-likeness (QED) is 0.881. The number of Topliss-reactive ketones (excluding diaryl/α,β-unsaturated/α-hetero) is 1. The minimum atomic E-state index is -0.416. The van der Waals surface area contributed by atoms with Crippen molar-refractivity contribution in [3.63, 3.8) is 0 Å². The Kier molecular flexibility index (Phi) is 6.20. The highest BCUT2D eigenvalue weighted by molar-refractivity contribution is 5.86. The third-order valence-electron chi connectivity index (χ3n) is 4.90. The highest BCUT2D eigenvalue weighted by atomic mass is 19.1. The second-order valence-corrected chi connectivity index (χ2v) is 8.01. The van der Waals surface area contributed by atoms with Crippen molar-refractivity contribution >= 4 is 11.7 Å². The van der Waals surface area contributed by atoms with Crippen LogP contribution in [0, 0.1) is 23.1 Å². The summed E-state index contributed by atoms with van der Waals surface area (Å²) in [7, 11) is 0.